The highest BCUT2D eigenvalue weighted by Gasteiger charge is 2.25. The zero-order valence-electron chi connectivity index (χ0n) is 12.6. The number of nitrogens with one attached hydrogen (secondary N) is 2. The van der Waals surface area contributed by atoms with Crippen LogP contribution in [0.15, 0.2) is 42.5 Å². The highest BCUT2D eigenvalue weighted by molar-refractivity contribution is 6.06. The van der Waals surface area contributed by atoms with Gasteiger partial charge in [0.05, 0.1) is 5.69 Å². The van der Waals surface area contributed by atoms with Crippen LogP contribution >= 0.6 is 0 Å². The molecule has 0 saturated carbocycles. The number of amides is 3. The van der Waals surface area contributed by atoms with Gasteiger partial charge < -0.3 is 5.32 Å². The zero-order chi connectivity index (χ0) is 16.4. The zero-order valence-corrected chi connectivity index (χ0v) is 12.6. The molecule has 0 bridgehead atoms. The average Bonchev–Trinajstić information content (AvgIpc) is 2.52. The van der Waals surface area contributed by atoms with E-state index in [-0.39, 0.29) is 18.1 Å². The number of urea groups is 1. The van der Waals surface area contributed by atoms with Crippen molar-refractivity contribution >= 4 is 29.0 Å². The molecule has 118 valence electrons. The van der Waals surface area contributed by atoms with Crippen LogP contribution < -0.4 is 15.5 Å². The summed E-state index contributed by atoms with van der Waals surface area (Å²) >= 11 is 0. The number of carbonyl (C=O) groups is 2. The molecule has 1 aliphatic rings. The van der Waals surface area contributed by atoms with Crippen LogP contribution in [0.3, 0.4) is 0 Å². The van der Waals surface area contributed by atoms with E-state index < -0.39 is 6.03 Å². The summed E-state index contributed by atoms with van der Waals surface area (Å²) in [5.41, 5.74) is 3.20. The number of halogens is 1. The Bertz CT molecular complexity index is 759. The Balaban J connectivity index is 1.85. The molecule has 2 N–H and O–H groups in total. The molecular weight excluding hydrogens is 297 g/mol. The van der Waals surface area contributed by atoms with E-state index in [9.17, 15) is 14.0 Å². The first-order valence-electron chi connectivity index (χ1n) is 7.27. The molecule has 3 amide bonds. The summed E-state index contributed by atoms with van der Waals surface area (Å²) < 4.78 is 13.0. The van der Waals surface area contributed by atoms with E-state index in [0.717, 1.165) is 22.6 Å². The van der Waals surface area contributed by atoms with Crippen LogP contribution in [0.5, 0.6) is 0 Å². The van der Waals surface area contributed by atoms with Crippen LogP contribution in [-0.4, -0.2) is 18.5 Å². The summed E-state index contributed by atoms with van der Waals surface area (Å²) in [6.07, 6.45) is 0.279. The molecule has 1 aliphatic heterocycles. The molecule has 0 unspecified atom stereocenters. The monoisotopic (exact) mass is 313 g/mol. The summed E-state index contributed by atoms with van der Waals surface area (Å²) in [5, 5.41) is 5.49. The number of aryl methyl sites for hydroxylation is 1. The summed E-state index contributed by atoms with van der Waals surface area (Å²) in [6, 6.07) is 11.2. The van der Waals surface area contributed by atoms with Crippen LogP contribution in [0.2, 0.25) is 0 Å². The largest absolute Gasteiger partial charge is 0.355 e. The second kappa shape index (κ2) is 6.08. The smallest absolute Gasteiger partial charge is 0.328 e. The molecule has 2 aromatic carbocycles. The fourth-order valence-corrected chi connectivity index (χ4v) is 2.47. The summed E-state index contributed by atoms with van der Waals surface area (Å²) in [4.78, 5) is 24.8. The van der Waals surface area contributed by atoms with Gasteiger partial charge >= 0.3 is 6.03 Å². The van der Waals surface area contributed by atoms with E-state index in [4.69, 9.17) is 0 Å². The predicted octanol–water partition coefficient (Wildman–Crippen LogP) is 3.32. The topological polar surface area (TPSA) is 61.4 Å². The van der Waals surface area contributed by atoms with Crippen molar-refractivity contribution in [2.45, 2.75) is 13.3 Å². The standard InChI is InChI=1S/C17H16FN3O2/c1-11-2-5-14(19-13-6-3-12(18)4-7-13)10-15(11)21-9-8-16(22)20-17(21)23/h2-7,10,19H,8-9H2,1H3,(H,20,22,23). The first-order chi connectivity index (χ1) is 11.0. The second-order valence-corrected chi connectivity index (χ2v) is 5.39. The lowest BCUT2D eigenvalue weighted by atomic mass is 10.1. The van der Waals surface area contributed by atoms with Crippen molar-refractivity contribution in [3.8, 4) is 0 Å². The predicted molar refractivity (Wildman–Crippen MR) is 86.4 cm³/mol. The lowest BCUT2D eigenvalue weighted by molar-refractivity contribution is -0.120. The Hall–Kier alpha value is -2.89. The van der Waals surface area contributed by atoms with Gasteiger partial charge in [0.15, 0.2) is 0 Å². The van der Waals surface area contributed by atoms with Crippen LogP contribution in [0.4, 0.5) is 26.2 Å². The first-order valence-corrected chi connectivity index (χ1v) is 7.27. The molecule has 0 spiro atoms. The molecular formula is C17H16FN3O2. The van der Waals surface area contributed by atoms with Gasteiger partial charge in [-0.15, -0.1) is 0 Å². The summed E-state index contributed by atoms with van der Waals surface area (Å²) in [6.45, 7) is 2.26. The summed E-state index contributed by atoms with van der Waals surface area (Å²) in [5.74, 6) is -0.556. The molecule has 5 nitrogen and oxygen atoms in total. The Labute approximate surface area is 133 Å². The number of imide groups is 1. The van der Waals surface area contributed by atoms with Crippen molar-refractivity contribution in [1.82, 2.24) is 5.32 Å². The van der Waals surface area contributed by atoms with E-state index in [1.165, 1.54) is 12.1 Å². The third-order valence-electron chi connectivity index (χ3n) is 3.69. The number of benzene rings is 2. The molecule has 0 radical (unpaired) electrons. The minimum atomic E-state index is -0.414. The van der Waals surface area contributed by atoms with Crippen molar-refractivity contribution in [2.75, 3.05) is 16.8 Å². The molecule has 2 aromatic rings. The van der Waals surface area contributed by atoms with E-state index >= 15 is 0 Å². The molecule has 1 saturated heterocycles. The summed E-state index contributed by atoms with van der Waals surface area (Å²) in [7, 11) is 0. The number of rotatable bonds is 3. The molecule has 6 heteroatoms. The number of hydrogen-bond donors (Lipinski definition) is 2. The fourth-order valence-electron chi connectivity index (χ4n) is 2.47. The minimum absolute atomic E-state index is 0.260. The molecule has 3 rings (SSSR count). The van der Waals surface area contributed by atoms with Crippen molar-refractivity contribution < 1.29 is 14.0 Å². The third-order valence-corrected chi connectivity index (χ3v) is 3.69. The lowest BCUT2D eigenvalue weighted by Crippen LogP contribution is -2.49. The molecule has 23 heavy (non-hydrogen) atoms. The quantitative estimate of drug-likeness (QED) is 0.914. The van der Waals surface area contributed by atoms with E-state index in [0.29, 0.717) is 6.54 Å². The molecule has 0 atom stereocenters. The molecule has 0 aliphatic carbocycles. The van der Waals surface area contributed by atoms with Gasteiger partial charge in [0, 0.05) is 24.3 Å². The Morgan fingerprint density at radius 2 is 1.78 bits per heavy atom. The minimum Gasteiger partial charge on any atom is -0.355 e. The van der Waals surface area contributed by atoms with Gasteiger partial charge in [-0.05, 0) is 48.9 Å². The Kier molecular flexibility index (Phi) is 3.97. The van der Waals surface area contributed by atoms with E-state index in [2.05, 4.69) is 10.6 Å². The van der Waals surface area contributed by atoms with Gasteiger partial charge in [-0.25, -0.2) is 9.18 Å². The van der Waals surface area contributed by atoms with Crippen LogP contribution in [0.1, 0.15) is 12.0 Å². The normalized spacial score (nSPS) is 14.6. The van der Waals surface area contributed by atoms with E-state index in [1.54, 1.807) is 17.0 Å². The SMILES string of the molecule is Cc1ccc(Nc2ccc(F)cc2)cc1N1CCC(=O)NC1=O. The van der Waals surface area contributed by atoms with Crippen LogP contribution in [0, 0.1) is 12.7 Å². The van der Waals surface area contributed by atoms with Crippen LogP contribution in [0.25, 0.3) is 0 Å². The fraction of sp³-hybridized carbons (Fsp3) is 0.176. The Morgan fingerprint density at radius 1 is 1.09 bits per heavy atom. The van der Waals surface area contributed by atoms with E-state index in [1.807, 2.05) is 25.1 Å². The maximum absolute atomic E-state index is 13.0. The van der Waals surface area contributed by atoms with Gasteiger partial charge in [-0.1, -0.05) is 6.07 Å². The molecule has 0 aromatic heterocycles. The maximum Gasteiger partial charge on any atom is 0.328 e. The van der Waals surface area contributed by atoms with Gasteiger partial charge in [0.25, 0.3) is 0 Å². The van der Waals surface area contributed by atoms with Crippen molar-refractivity contribution in [3.05, 3.63) is 53.8 Å². The van der Waals surface area contributed by atoms with Crippen molar-refractivity contribution in [1.29, 1.82) is 0 Å². The number of carbonyl (C=O) groups excluding carboxylic acids is 2. The number of nitrogens with zero attached hydrogens (tertiary/aromatic N) is 1. The van der Waals surface area contributed by atoms with Crippen molar-refractivity contribution in [2.24, 2.45) is 0 Å². The highest BCUT2D eigenvalue weighted by atomic mass is 19.1. The van der Waals surface area contributed by atoms with Gasteiger partial charge in [0.2, 0.25) is 5.91 Å². The van der Waals surface area contributed by atoms with Gasteiger partial charge in [-0.3, -0.25) is 15.0 Å². The van der Waals surface area contributed by atoms with Gasteiger partial charge in [-0.2, -0.15) is 0 Å². The number of hydrogen-bond acceptors (Lipinski definition) is 3. The maximum atomic E-state index is 13.0. The molecule has 1 fully saturated rings. The second-order valence-electron chi connectivity index (χ2n) is 5.39. The first kappa shape index (κ1) is 15.0. The Morgan fingerprint density at radius 3 is 2.48 bits per heavy atom. The third kappa shape index (κ3) is 3.31. The lowest BCUT2D eigenvalue weighted by Gasteiger charge is -2.28. The number of anilines is 3. The van der Waals surface area contributed by atoms with Crippen molar-refractivity contribution in [3.63, 3.8) is 0 Å². The average molecular weight is 313 g/mol. The molecule has 1 heterocycles. The van der Waals surface area contributed by atoms with Crippen LogP contribution in [-0.2, 0) is 4.79 Å². The van der Waals surface area contributed by atoms with Gasteiger partial charge in [0.1, 0.15) is 5.82 Å². The highest BCUT2D eigenvalue weighted by Crippen LogP contribution is 2.27.